The molecule has 20 heavy (non-hydrogen) atoms. The average molecular weight is 282 g/mol. The van der Waals surface area contributed by atoms with Crippen LogP contribution in [0.15, 0.2) is 12.7 Å². The summed E-state index contributed by atoms with van der Waals surface area (Å²) < 4.78 is 11.2. The fourth-order valence-electron chi connectivity index (χ4n) is 2.40. The second kappa shape index (κ2) is 6.53. The third-order valence-electron chi connectivity index (χ3n) is 4.25. The normalized spacial score (nSPS) is 27.5. The first-order valence-electron chi connectivity index (χ1n) is 7.33. The highest BCUT2D eigenvalue weighted by atomic mass is 16.6. The summed E-state index contributed by atoms with van der Waals surface area (Å²) in [5.74, 6) is -0.664. The van der Waals surface area contributed by atoms with E-state index in [4.69, 9.17) is 9.47 Å². The summed E-state index contributed by atoms with van der Waals surface area (Å²) in [6.45, 7) is 11.3. The molecule has 0 N–H and O–H groups in total. The number of epoxide rings is 1. The molecule has 1 heterocycles. The van der Waals surface area contributed by atoms with Crippen molar-refractivity contribution in [3.05, 3.63) is 12.7 Å². The standard InChI is InChI=1S/C16H26O4/c1-6-15(5)13(19-15)9-10-16(7-2,8-3)20-14(18)11-12(4)17/h7,13H,2,6,8-11H2,1,3-5H3. The molecule has 1 fully saturated rings. The quantitative estimate of drug-likeness (QED) is 0.282. The molecule has 1 aliphatic rings. The molecule has 0 spiro atoms. The van der Waals surface area contributed by atoms with Crippen molar-refractivity contribution in [2.45, 2.75) is 77.1 Å². The largest absolute Gasteiger partial charge is 0.455 e. The Morgan fingerprint density at radius 2 is 2.10 bits per heavy atom. The number of hydrogen-bond donors (Lipinski definition) is 0. The smallest absolute Gasteiger partial charge is 0.314 e. The number of ketones is 1. The monoisotopic (exact) mass is 282 g/mol. The van der Waals surface area contributed by atoms with Crippen LogP contribution in [0.3, 0.4) is 0 Å². The van der Waals surface area contributed by atoms with Crippen LogP contribution in [0, 0.1) is 0 Å². The van der Waals surface area contributed by atoms with E-state index < -0.39 is 11.6 Å². The van der Waals surface area contributed by atoms with Crippen LogP contribution >= 0.6 is 0 Å². The van der Waals surface area contributed by atoms with Crippen molar-refractivity contribution in [2.24, 2.45) is 0 Å². The number of Topliss-reactive ketones (excluding diaryl/α,β-unsaturated/α-hetero) is 1. The average Bonchev–Trinajstić information content (AvgIpc) is 3.05. The van der Waals surface area contributed by atoms with Gasteiger partial charge in [-0.3, -0.25) is 9.59 Å². The summed E-state index contributed by atoms with van der Waals surface area (Å²) in [7, 11) is 0. The lowest BCUT2D eigenvalue weighted by molar-refractivity contribution is -0.157. The first kappa shape index (κ1) is 16.9. The van der Waals surface area contributed by atoms with Crippen LogP contribution in [0.4, 0.5) is 0 Å². The predicted molar refractivity (Wildman–Crippen MR) is 77.4 cm³/mol. The highest BCUT2D eigenvalue weighted by Gasteiger charge is 2.50. The number of esters is 1. The Balaban J connectivity index is 2.56. The van der Waals surface area contributed by atoms with E-state index >= 15 is 0 Å². The van der Waals surface area contributed by atoms with E-state index in [1.54, 1.807) is 6.08 Å². The number of ether oxygens (including phenoxy) is 2. The van der Waals surface area contributed by atoms with Crippen molar-refractivity contribution >= 4 is 11.8 Å². The molecule has 0 bridgehead atoms. The molecule has 0 saturated carbocycles. The van der Waals surface area contributed by atoms with Gasteiger partial charge in [0.15, 0.2) is 0 Å². The minimum Gasteiger partial charge on any atom is -0.455 e. The minimum absolute atomic E-state index is 0.0238. The molecule has 114 valence electrons. The van der Waals surface area contributed by atoms with Gasteiger partial charge in [-0.2, -0.15) is 0 Å². The van der Waals surface area contributed by atoms with Gasteiger partial charge in [0.2, 0.25) is 0 Å². The Labute approximate surface area is 121 Å². The third-order valence-corrected chi connectivity index (χ3v) is 4.25. The maximum atomic E-state index is 11.7. The highest BCUT2D eigenvalue weighted by Crippen LogP contribution is 2.43. The minimum atomic E-state index is -0.687. The molecule has 0 aliphatic carbocycles. The third kappa shape index (κ3) is 4.17. The zero-order chi connectivity index (χ0) is 15.4. The maximum Gasteiger partial charge on any atom is 0.314 e. The lowest BCUT2D eigenvalue weighted by Gasteiger charge is -2.29. The van der Waals surface area contributed by atoms with Gasteiger partial charge in [-0.25, -0.2) is 0 Å². The molecular formula is C16H26O4. The van der Waals surface area contributed by atoms with Crippen molar-refractivity contribution in [2.75, 3.05) is 0 Å². The van der Waals surface area contributed by atoms with Gasteiger partial charge in [0.1, 0.15) is 17.8 Å². The Bertz CT molecular complexity index is 390. The lowest BCUT2D eigenvalue weighted by atomic mass is 9.90. The van der Waals surface area contributed by atoms with E-state index in [1.165, 1.54) is 6.92 Å². The molecule has 4 nitrogen and oxygen atoms in total. The molecule has 1 aliphatic heterocycles. The van der Waals surface area contributed by atoms with Crippen LogP contribution in [-0.4, -0.2) is 29.1 Å². The summed E-state index contributed by atoms with van der Waals surface area (Å²) in [4.78, 5) is 22.7. The van der Waals surface area contributed by atoms with E-state index in [0.717, 1.165) is 12.8 Å². The molecule has 0 amide bonds. The van der Waals surface area contributed by atoms with Crippen molar-refractivity contribution in [1.82, 2.24) is 0 Å². The molecule has 0 aromatic rings. The van der Waals surface area contributed by atoms with Gasteiger partial charge in [0.05, 0.1) is 11.7 Å². The van der Waals surface area contributed by atoms with Crippen molar-refractivity contribution in [1.29, 1.82) is 0 Å². The number of carbonyl (C=O) groups excluding carboxylic acids is 2. The molecular weight excluding hydrogens is 256 g/mol. The van der Waals surface area contributed by atoms with Gasteiger partial charge in [-0.05, 0) is 45.6 Å². The van der Waals surface area contributed by atoms with E-state index in [1.807, 2.05) is 6.92 Å². The number of hydrogen-bond acceptors (Lipinski definition) is 4. The Morgan fingerprint density at radius 1 is 1.45 bits per heavy atom. The van der Waals surface area contributed by atoms with Crippen molar-refractivity contribution in [3.63, 3.8) is 0 Å². The summed E-state index contributed by atoms with van der Waals surface area (Å²) >= 11 is 0. The predicted octanol–water partition coefficient (Wildman–Crippen LogP) is 3.19. The second-order valence-corrected chi connectivity index (χ2v) is 5.79. The fourth-order valence-corrected chi connectivity index (χ4v) is 2.40. The van der Waals surface area contributed by atoms with E-state index in [-0.39, 0.29) is 23.9 Å². The van der Waals surface area contributed by atoms with Crippen LogP contribution in [0.2, 0.25) is 0 Å². The summed E-state index contributed by atoms with van der Waals surface area (Å²) in [6.07, 6.45) is 4.86. The maximum absolute atomic E-state index is 11.7. The van der Waals surface area contributed by atoms with Crippen molar-refractivity contribution < 1.29 is 19.1 Å². The Morgan fingerprint density at radius 3 is 2.50 bits per heavy atom. The summed E-state index contributed by atoms with van der Waals surface area (Å²) in [5.41, 5.74) is -0.711. The lowest BCUT2D eigenvalue weighted by Crippen LogP contribution is -2.33. The van der Waals surface area contributed by atoms with Gasteiger partial charge in [0.25, 0.3) is 0 Å². The van der Waals surface area contributed by atoms with Gasteiger partial charge < -0.3 is 9.47 Å². The zero-order valence-electron chi connectivity index (χ0n) is 13.0. The van der Waals surface area contributed by atoms with E-state index in [9.17, 15) is 9.59 Å². The van der Waals surface area contributed by atoms with Crippen LogP contribution in [0.1, 0.15) is 59.8 Å². The molecule has 3 atom stereocenters. The molecule has 0 aromatic carbocycles. The summed E-state index contributed by atoms with van der Waals surface area (Å²) in [5, 5.41) is 0. The van der Waals surface area contributed by atoms with Gasteiger partial charge >= 0.3 is 5.97 Å². The zero-order valence-corrected chi connectivity index (χ0v) is 13.0. The van der Waals surface area contributed by atoms with Gasteiger partial charge in [0, 0.05) is 0 Å². The molecule has 1 rings (SSSR count). The van der Waals surface area contributed by atoms with Crippen LogP contribution < -0.4 is 0 Å². The van der Waals surface area contributed by atoms with Crippen LogP contribution in [0.5, 0.6) is 0 Å². The topological polar surface area (TPSA) is 55.9 Å². The molecule has 0 radical (unpaired) electrons. The second-order valence-electron chi connectivity index (χ2n) is 5.79. The molecule has 3 unspecified atom stereocenters. The van der Waals surface area contributed by atoms with E-state index in [0.29, 0.717) is 12.8 Å². The molecule has 0 aromatic heterocycles. The Hall–Kier alpha value is -1.16. The number of carbonyl (C=O) groups is 2. The highest BCUT2D eigenvalue weighted by molar-refractivity contribution is 5.94. The van der Waals surface area contributed by atoms with Crippen LogP contribution in [0.25, 0.3) is 0 Å². The first-order valence-corrected chi connectivity index (χ1v) is 7.33. The number of rotatable bonds is 9. The van der Waals surface area contributed by atoms with Crippen LogP contribution in [-0.2, 0) is 19.1 Å². The van der Waals surface area contributed by atoms with E-state index in [2.05, 4.69) is 20.4 Å². The Kier molecular flexibility index (Phi) is 5.51. The molecule has 1 saturated heterocycles. The first-order chi connectivity index (χ1) is 9.30. The van der Waals surface area contributed by atoms with Crippen molar-refractivity contribution in [3.8, 4) is 0 Å². The van der Waals surface area contributed by atoms with Gasteiger partial charge in [-0.15, -0.1) is 0 Å². The molecule has 4 heteroatoms. The van der Waals surface area contributed by atoms with Gasteiger partial charge in [-0.1, -0.05) is 20.4 Å². The SMILES string of the molecule is C=CC(CC)(CCC1OC1(C)CC)OC(=O)CC(C)=O. The fraction of sp³-hybridized carbons (Fsp3) is 0.750. The summed E-state index contributed by atoms with van der Waals surface area (Å²) in [6, 6.07) is 0.